The number of amides is 1. The minimum absolute atomic E-state index is 0.149. The standard InChI is InChI=1S/C21H21FN4O/c1-21(2,15-10-12-16(22)13-11-15)24-20(27)18-23-19(14-8-9-14)26(25-18)17-6-4-3-5-7-17/h3-7,10-14H,8-9H2,1-2H3,(H,24,27). The van der Waals surface area contributed by atoms with Gasteiger partial charge in [-0.25, -0.2) is 14.1 Å². The van der Waals surface area contributed by atoms with E-state index in [1.807, 2.05) is 44.2 Å². The van der Waals surface area contributed by atoms with Crippen molar-refractivity contribution in [1.29, 1.82) is 0 Å². The Morgan fingerprint density at radius 2 is 1.78 bits per heavy atom. The van der Waals surface area contributed by atoms with Crippen LogP contribution in [0.2, 0.25) is 0 Å². The van der Waals surface area contributed by atoms with Crippen molar-refractivity contribution in [3.8, 4) is 5.69 Å². The highest BCUT2D eigenvalue weighted by molar-refractivity contribution is 5.91. The number of nitrogens with zero attached hydrogens (tertiary/aromatic N) is 3. The summed E-state index contributed by atoms with van der Waals surface area (Å²) < 4.78 is 14.9. The third kappa shape index (κ3) is 3.60. The molecule has 1 heterocycles. The first-order chi connectivity index (χ1) is 12.9. The molecular weight excluding hydrogens is 343 g/mol. The summed E-state index contributed by atoms with van der Waals surface area (Å²) in [6, 6.07) is 15.8. The van der Waals surface area contributed by atoms with Crippen molar-refractivity contribution in [2.75, 3.05) is 0 Å². The van der Waals surface area contributed by atoms with Crippen LogP contribution in [-0.2, 0) is 5.54 Å². The number of rotatable bonds is 5. The lowest BCUT2D eigenvalue weighted by Crippen LogP contribution is -2.41. The van der Waals surface area contributed by atoms with Gasteiger partial charge < -0.3 is 5.32 Å². The average Bonchev–Trinajstić information content (AvgIpc) is 3.40. The van der Waals surface area contributed by atoms with Crippen LogP contribution < -0.4 is 5.32 Å². The van der Waals surface area contributed by atoms with E-state index >= 15 is 0 Å². The van der Waals surface area contributed by atoms with Crippen LogP contribution in [0, 0.1) is 5.82 Å². The Kier molecular flexibility index (Phi) is 4.26. The van der Waals surface area contributed by atoms with E-state index in [1.165, 1.54) is 12.1 Å². The fourth-order valence-electron chi connectivity index (χ4n) is 3.06. The summed E-state index contributed by atoms with van der Waals surface area (Å²) in [6.07, 6.45) is 2.13. The van der Waals surface area contributed by atoms with Gasteiger partial charge >= 0.3 is 0 Å². The minimum atomic E-state index is -0.678. The highest BCUT2D eigenvalue weighted by Crippen LogP contribution is 2.39. The van der Waals surface area contributed by atoms with E-state index in [0.29, 0.717) is 5.92 Å². The van der Waals surface area contributed by atoms with Crippen molar-refractivity contribution in [2.45, 2.75) is 38.1 Å². The molecule has 6 heteroatoms. The average molecular weight is 364 g/mol. The highest BCUT2D eigenvalue weighted by Gasteiger charge is 2.32. The number of carbonyl (C=O) groups is 1. The van der Waals surface area contributed by atoms with Crippen LogP contribution in [0.15, 0.2) is 54.6 Å². The Morgan fingerprint density at radius 3 is 2.41 bits per heavy atom. The summed E-state index contributed by atoms with van der Waals surface area (Å²) >= 11 is 0. The molecule has 0 atom stereocenters. The van der Waals surface area contributed by atoms with E-state index in [2.05, 4.69) is 15.4 Å². The molecule has 1 aliphatic rings. The van der Waals surface area contributed by atoms with Crippen molar-refractivity contribution in [2.24, 2.45) is 0 Å². The largest absolute Gasteiger partial charge is 0.340 e. The van der Waals surface area contributed by atoms with Crippen molar-refractivity contribution >= 4 is 5.91 Å². The molecule has 1 saturated carbocycles. The fourth-order valence-corrected chi connectivity index (χ4v) is 3.06. The minimum Gasteiger partial charge on any atom is -0.340 e. The Bertz CT molecular complexity index is 960. The molecule has 1 N–H and O–H groups in total. The van der Waals surface area contributed by atoms with E-state index in [4.69, 9.17) is 0 Å². The van der Waals surface area contributed by atoms with Crippen LogP contribution in [0.5, 0.6) is 0 Å². The van der Waals surface area contributed by atoms with Crippen molar-refractivity contribution in [3.05, 3.63) is 77.6 Å². The summed E-state index contributed by atoms with van der Waals surface area (Å²) in [5.41, 5.74) is 1.02. The molecule has 2 aromatic carbocycles. The van der Waals surface area contributed by atoms with E-state index in [-0.39, 0.29) is 17.5 Å². The van der Waals surface area contributed by atoms with E-state index in [1.54, 1.807) is 16.8 Å². The molecule has 4 rings (SSSR count). The summed E-state index contributed by atoms with van der Waals surface area (Å²) in [5, 5.41) is 7.43. The lowest BCUT2D eigenvalue weighted by molar-refractivity contribution is 0.0901. The van der Waals surface area contributed by atoms with Gasteiger partial charge in [0.15, 0.2) is 0 Å². The topological polar surface area (TPSA) is 59.8 Å². The first-order valence-corrected chi connectivity index (χ1v) is 9.05. The zero-order chi connectivity index (χ0) is 19.0. The summed E-state index contributed by atoms with van der Waals surface area (Å²) in [5.74, 6) is 0.672. The summed E-state index contributed by atoms with van der Waals surface area (Å²) in [7, 11) is 0. The molecule has 0 aliphatic heterocycles. The van der Waals surface area contributed by atoms with E-state index < -0.39 is 5.54 Å². The molecule has 0 radical (unpaired) electrons. The van der Waals surface area contributed by atoms with Gasteiger partial charge in [-0.3, -0.25) is 4.79 Å². The molecule has 0 saturated heterocycles. The molecule has 1 aromatic heterocycles. The van der Waals surface area contributed by atoms with Crippen LogP contribution in [-0.4, -0.2) is 20.7 Å². The SMILES string of the molecule is CC(C)(NC(=O)c1nc(C2CC2)n(-c2ccccc2)n1)c1ccc(F)cc1. The van der Waals surface area contributed by atoms with Gasteiger partial charge in [-0.2, -0.15) is 0 Å². The molecule has 138 valence electrons. The predicted octanol–water partition coefficient (Wildman–Crippen LogP) is 3.95. The number of nitrogens with one attached hydrogen (secondary N) is 1. The first-order valence-electron chi connectivity index (χ1n) is 9.05. The molecule has 1 amide bonds. The van der Waals surface area contributed by atoms with E-state index in [0.717, 1.165) is 29.9 Å². The lowest BCUT2D eigenvalue weighted by Gasteiger charge is -2.26. The van der Waals surface area contributed by atoms with E-state index in [9.17, 15) is 9.18 Å². The van der Waals surface area contributed by atoms with Crippen LogP contribution in [0.1, 0.15) is 54.6 Å². The van der Waals surface area contributed by atoms with Gasteiger partial charge in [0, 0.05) is 5.92 Å². The Balaban J connectivity index is 1.61. The number of benzene rings is 2. The molecule has 0 spiro atoms. The number of hydrogen-bond acceptors (Lipinski definition) is 3. The second-order valence-corrected chi connectivity index (χ2v) is 7.40. The van der Waals surface area contributed by atoms with Crippen molar-refractivity contribution in [1.82, 2.24) is 20.1 Å². The second-order valence-electron chi connectivity index (χ2n) is 7.40. The zero-order valence-corrected chi connectivity index (χ0v) is 15.3. The molecule has 5 nitrogen and oxygen atoms in total. The van der Waals surface area contributed by atoms with Crippen LogP contribution in [0.3, 0.4) is 0 Å². The third-order valence-electron chi connectivity index (χ3n) is 4.77. The van der Waals surface area contributed by atoms with Crippen molar-refractivity contribution in [3.63, 3.8) is 0 Å². The lowest BCUT2D eigenvalue weighted by atomic mass is 9.94. The smallest absolute Gasteiger partial charge is 0.291 e. The Morgan fingerprint density at radius 1 is 1.11 bits per heavy atom. The zero-order valence-electron chi connectivity index (χ0n) is 15.3. The van der Waals surface area contributed by atoms with Gasteiger partial charge in [-0.05, 0) is 56.5 Å². The van der Waals surface area contributed by atoms with Gasteiger partial charge in [0.25, 0.3) is 5.91 Å². The Labute approximate surface area is 157 Å². The van der Waals surface area contributed by atoms with Crippen molar-refractivity contribution < 1.29 is 9.18 Å². The van der Waals surface area contributed by atoms with Gasteiger partial charge in [0.2, 0.25) is 5.82 Å². The molecule has 0 unspecified atom stereocenters. The normalized spacial score (nSPS) is 14.2. The number of hydrogen-bond donors (Lipinski definition) is 1. The third-order valence-corrected chi connectivity index (χ3v) is 4.77. The van der Waals surface area contributed by atoms with Gasteiger partial charge in [0.05, 0.1) is 11.2 Å². The number of para-hydroxylation sites is 1. The Hall–Kier alpha value is -3.02. The number of halogens is 1. The first kappa shape index (κ1) is 17.4. The summed E-state index contributed by atoms with van der Waals surface area (Å²) in [6.45, 7) is 3.74. The monoisotopic (exact) mass is 364 g/mol. The predicted molar refractivity (Wildman–Crippen MR) is 100 cm³/mol. The van der Waals surface area contributed by atoms with Gasteiger partial charge in [-0.1, -0.05) is 30.3 Å². The second kappa shape index (κ2) is 6.61. The molecule has 1 aliphatic carbocycles. The number of aromatic nitrogens is 3. The highest BCUT2D eigenvalue weighted by atomic mass is 19.1. The van der Waals surface area contributed by atoms with Crippen LogP contribution in [0.4, 0.5) is 4.39 Å². The van der Waals surface area contributed by atoms with Gasteiger partial charge in [-0.15, -0.1) is 5.10 Å². The maximum Gasteiger partial charge on any atom is 0.291 e. The fraction of sp³-hybridized carbons (Fsp3) is 0.286. The molecule has 3 aromatic rings. The summed E-state index contributed by atoms with van der Waals surface area (Å²) in [4.78, 5) is 17.3. The molecule has 0 bridgehead atoms. The van der Waals surface area contributed by atoms with Crippen LogP contribution >= 0.6 is 0 Å². The molecule has 1 fully saturated rings. The maximum atomic E-state index is 13.2. The van der Waals surface area contributed by atoms with Gasteiger partial charge in [0.1, 0.15) is 11.6 Å². The molecule has 27 heavy (non-hydrogen) atoms. The maximum absolute atomic E-state index is 13.2. The quantitative estimate of drug-likeness (QED) is 0.746. The molecular formula is C21H21FN4O. The van der Waals surface area contributed by atoms with Crippen LogP contribution in [0.25, 0.3) is 5.69 Å². The number of carbonyl (C=O) groups excluding carboxylic acids is 1.